The van der Waals surface area contributed by atoms with E-state index in [0.29, 0.717) is 4.74 Å². The van der Waals surface area contributed by atoms with E-state index in [9.17, 15) is 31.1 Å². The molecule has 0 bridgehead atoms. The predicted molar refractivity (Wildman–Crippen MR) is 89.9 cm³/mol. The number of nitrogens with zero attached hydrogens (tertiary/aromatic N) is 2. The van der Waals surface area contributed by atoms with Gasteiger partial charge in [-0.3, -0.25) is 9.11 Å². The zero-order valence-corrected chi connectivity index (χ0v) is 15.2. The summed E-state index contributed by atoms with van der Waals surface area (Å²) in [5.74, 6) is 0. The van der Waals surface area contributed by atoms with Crippen LogP contribution in [0.5, 0.6) is 0 Å². The van der Waals surface area contributed by atoms with Crippen LogP contribution in [0.3, 0.4) is 0 Å². The summed E-state index contributed by atoms with van der Waals surface area (Å²) in [5, 5.41) is 10.2. The molecule has 0 saturated carbocycles. The molecular formula is C14H16N2O7S2. The quantitative estimate of drug-likeness (QED) is 0.264. The van der Waals surface area contributed by atoms with Crippen molar-refractivity contribution in [1.82, 2.24) is 4.98 Å². The van der Waals surface area contributed by atoms with Crippen LogP contribution in [-0.2, 0) is 20.2 Å². The van der Waals surface area contributed by atoms with E-state index in [2.05, 4.69) is 4.98 Å². The molecule has 9 nitrogen and oxygen atoms in total. The Balaban J connectivity index is 3.09. The highest BCUT2D eigenvalue weighted by molar-refractivity contribution is 7.86. The van der Waals surface area contributed by atoms with Crippen molar-refractivity contribution in [3.05, 3.63) is 35.0 Å². The molecule has 25 heavy (non-hydrogen) atoms. The van der Waals surface area contributed by atoms with Crippen LogP contribution in [-0.4, -0.2) is 47.4 Å². The average Bonchev–Trinajstić information content (AvgIpc) is 2.43. The molecule has 0 radical (unpaired) electrons. The molecule has 11 heteroatoms. The first-order valence-electron chi connectivity index (χ1n) is 6.92. The van der Waals surface area contributed by atoms with Crippen LogP contribution in [0.15, 0.2) is 34.3 Å². The third-order valence-corrected chi connectivity index (χ3v) is 4.88. The highest BCUT2D eigenvalue weighted by Crippen LogP contribution is 2.28. The Morgan fingerprint density at radius 1 is 1.00 bits per heavy atom. The molecular weight excluding hydrogens is 372 g/mol. The summed E-state index contributed by atoms with van der Waals surface area (Å²) < 4.78 is 65.7. The number of benzene rings is 1. The molecule has 1 aromatic heterocycles. The van der Waals surface area contributed by atoms with Crippen molar-refractivity contribution in [1.29, 1.82) is 0 Å². The molecule has 0 amide bonds. The van der Waals surface area contributed by atoms with E-state index in [1.54, 1.807) is 20.8 Å². The van der Waals surface area contributed by atoms with Gasteiger partial charge in [-0.15, -0.1) is 0 Å². The second-order valence-electron chi connectivity index (χ2n) is 6.26. The van der Waals surface area contributed by atoms with Crippen molar-refractivity contribution in [3.8, 4) is 0 Å². The molecule has 1 heterocycles. The van der Waals surface area contributed by atoms with Crippen LogP contribution in [0, 0.1) is 5.21 Å². The fraction of sp³-hybridized carbons (Fsp3) is 0.286. The molecule has 0 fully saturated rings. The molecule has 0 aliphatic carbocycles. The highest BCUT2D eigenvalue weighted by Gasteiger charge is 2.29. The van der Waals surface area contributed by atoms with Gasteiger partial charge in [0.05, 0.1) is 5.56 Å². The maximum Gasteiger partial charge on any atom is 0.313 e. The lowest BCUT2D eigenvalue weighted by atomic mass is 10.1. The third kappa shape index (κ3) is 3.95. The predicted octanol–water partition coefficient (Wildman–Crippen LogP) is 1.46. The second-order valence-corrected chi connectivity index (χ2v) is 8.93. The standard InChI is InChI=1S/C14H16N2O7S2/c1-14(2,3)16(17)8-11-9-6-4-5-7-10(9)12(24(18,19)20)15-13(11)25(21,22)23/h4-8H,1-3H3,(H,18,19,20)(H,21,22,23)/b16-8-. The molecule has 0 unspecified atom stereocenters. The SMILES string of the molecule is CC(C)(C)/[N+]([O-])=C/c1c(S(=O)(=O)O)nc(S(=O)(=O)O)c2ccccc12. The van der Waals surface area contributed by atoms with Crippen LogP contribution >= 0.6 is 0 Å². The van der Waals surface area contributed by atoms with Crippen molar-refractivity contribution >= 4 is 37.2 Å². The van der Waals surface area contributed by atoms with Crippen molar-refractivity contribution < 1.29 is 30.7 Å². The third-order valence-electron chi connectivity index (χ3n) is 3.28. The zero-order chi connectivity index (χ0) is 19.2. The normalized spacial score (nSPS) is 14.0. The van der Waals surface area contributed by atoms with E-state index < -0.39 is 35.8 Å². The molecule has 1 aromatic carbocycles. The largest absolute Gasteiger partial charge is 0.623 e. The van der Waals surface area contributed by atoms with Crippen LogP contribution in [0.1, 0.15) is 26.3 Å². The molecule has 0 spiro atoms. The van der Waals surface area contributed by atoms with E-state index in [4.69, 9.17) is 0 Å². The summed E-state index contributed by atoms with van der Waals surface area (Å²) in [6, 6.07) is 5.58. The summed E-state index contributed by atoms with van der Waals surface area (Å²) >= 11 is 0. The van der Waals surface area contributed by atoms with Gasteiger partial charge in [0.25, 0.3) is 0 Å². The Bertz CT molecular complexity index is 1080. The fourth-order valence-electron chi connectivity index (χ4n) is 2.06. The van der Waals surface area contributed by atoms with E-state index in [0.717, 1.165) is 6.21 Å². The summed E-state index contributed by atoms with van der Waals surface area (Å²) in [6.45, 7) is 4.73. The Hall–Kier alpha value is -2.08. The minimum Gasteiger partial charge on any atom is -0.623 e. The van der Waals surface area contributed by atoms with Crippen molar-refractivity contribution in [3.63, 3.8) is 0 Å². The summed E-state index contributed by atoms with van der Waals surface area (Å²) in [7, 11) is -9.86. The minimum absolute atomic E-state index is 0.0165. The smallest absolute Gasteiger partial charge is 0.313 e. The topological polar surface area (TPSA) is 148 Å². The number of hydrogen-bond acceptors (Lipinski definition) is 6. The van der Waals surface area contributed by atoms with E-state index in [1.807, 2.05) is 0 Å². The van der Waals surface area contributed by atoms with Crippen molar-refractivity contribution in [2.75, 3.05) is 0 Å². The van der Waals surface area contributed by atoms with Gasteiger partial charge >= 0.3 is 20.2 Å². The first-order valence-corrected chi connectivity index (χ1v) is 9.80. The second kappa shape index (κ2) is 6.02. The number of pyridine rings is 1. The van der Waals surface area contributed by atoms with Gasteiger partial charge in [-0.25, -0.2) is 9.72 Å². The number of aromatic nitrogens is 1. The van der Waals surface area contributed by atoms with Crippen molar-refractivity contribution in [2.24, 2.45) is 0 Å². The van der Waals surface area contributed by atoms with Crippen molar-refractivity contribution in [2.45, 2.75) is 36.4 Å². The van der Waals surface area contributed by atoms with Gasteiger partial charge in [-0.1, -0.05) is 24.3 Å². The molecule has 0 aliphatic rings. The van der Waals surface area contributed by atoms with Crippen LogP contribution in [0.25, 0.3) is 10.8 Å². The van der Waals surface area contributed by atoms with Gasteiger partial charge in [0, 0.05) is 31.5 Å². The van der Waals surface area contributed by atoms with E-state index >= 15 is 0 Å². The van der Waals surface area contributed by atoms with Gasteiger partial charge in [-0.2, -0.15) is 16.8 Å². The molecule has 136 valence electrons. The summed E-state index contributed by atoms with van der Waals surface area (Å²) in [4.78, 5) is 3.41. The average molecular weight is 388 g/mol. The molecule has 0 saturated heterocycles. The molecule has 2 aromatic rings. The first kappa shape index (κ1) is 19.2. The van der Waals surface area contributed by atoms with Crippen LogP contribution in [0.2, 0.25) is 0 Å². The number of hydroxylamine groups is 1. The maximum absolute atomic E-state index is 12.2. The number of fused-ring (bicyclic) bond motifs is 1. The Morgan fingerprint density at radius 3 is 1.92 bits per heavy atom. The van der Waals surface area contributed by atoms with Gasteiger partial charge in [-0.05, 0) is 0 Å². The van der Waals surface area contributed by atoms with Crippen LogP contribution in [0.4, 0.5) is 0 Å². The molecule has 0 aliphatic heterocycles. The van der Waals surface area contributed by atoms with Gasteiger partial charge < -0.3 is 5.21 Å². The Kier molecular flexibility index (Phi) is 4.63. The zero-order valence-electron chi connectivity index (χ0n) is 13.5. The maximum atomic E-state index is 12.2. The summed E-state index contributed by atoms with van der Waals surface area (Å²) in [5.41, 5.74) is -1.21. The minimum atomic E-state index is -4.98. The number of rotatable bonds is 3. The Morgan fingerprint density at radius 2 is 1.48 bits per heavy atom. The van der Waals surface area contributed by atoms with E-state index in [-0.39, 0.29) is 16.3 Å². The molecule has 2 rings (SSSR count). The monoisotopic (exact) mass is 388 g/mol. The molecule has 0 atom stereocenters. The molecule has 2 N–H and O–H groups in total. The van der Waals surface area contributed by atoms with E-state index in [1.165, 1.54) is 24.3 Å². The lowest BCUT2D eigenvalue weighted by Crippen LogP contribution is -2.30. The lowest BCUT2D eigenvalue weighted by Gasteiger charge is -2.19. The van der Waals surface area contributed by atoms with Gasteiger partial charge in [0.15, 0.2) is 21.8 Å². The highest BCUT2D eigenvalue weighted by atomic mass is 32.2. The van der Waals surface area contributed by atoms with Gasteiger partial charge in [0.1, 0.15) is 0 Å². The van der Waals surface area contributed by atoms with Crippen LogP contribution < -0.4 is 0 Å². The fourth-order valence-corrected chi connectivity index (χ4v) is 3.43. The lowest BCUT2D eigenvalue weighted by molar-refractivity contribution is -0.530. The number of hydrogen-bond donors (Lipinski definition) is 2. The van der Waals surface area contributed by atoms with Gasteiger partial charge in [0.2, 0.25) is 0 Å². The Labute approximate surface area is 144 Å². The first-order chi connectivity index (χ1) is 11.2. The summed E-state index contributed by atoms with van der Waals surface area (Å²) in [6.07, 6.45) is 0.909.